The molecule has 1 aliphatic rings. The lowest BCUT2D eigenvalue weighted by molar-refractivity contribution is -0.0449. The minimum atomic E-state index is -0.923. The molecule has 3 atom stereocenters. The van der Waals surface area contributed by atoms with E-state index in [0.717, 1.165) is 11.1 Å². The lowest BCUT2D eigenvalue weighted by Gasteiger charge is -2.32. The van der Waals surface area contributed by atoms with Gasteiger partial charge in [0.1, 0.15) is 0 Å². The molecule has 1 aromatic carbocycles. The fourth-order valence-electron chi connectivity index (χ4n) is 3.62. The Morgan fingerprint density at radius 1 is 1.10 bits per heavy atom. The highest BCUT2D eigenvalue weighted by Crippen LogP contribution is 2.52. The average Bonchev–Trinajstić information content (AvgIpc) is 2.57. The normalized spacial score (nSPS) is 25.5. The summed E-state index contributed by atoms with van der Waals surface area (Å²) in [5.41, 5.74) is 4.81. The van der Waals surface area contributed by atoms with Crippen LogP contribution in [-0.4, -0.2) is 15.8 Å². The Morgan fingerprint density at radius 3 is 2.05 bits per heavy atom. The molecule has 2 heteroatoms. The highest BCUT2D eigenvalue weighted by Gasteiger charge is 2.47. The van der Waals surface area contributed by atoms with Crippen LogP contribution in [0.5, 0.6) is 0 Å². The molecule has 0 fully saturated rings. The molecule has 1 aliphatic carbocycles. The lowest BCUT2D eigenvalue weighted by Crippen LogP contribution is -2.35. The summed E-state index contributed by atoms with van der Waals surface area (Å²) in [6.07, 6.45) is 1.58. The molecule has 0 aromatic heterocycles. The van der Waals surface area contributed by atoms with Crippen molar-refractivity contribution in [3.05, 3.63) is 46.0 Å². The van der Waals surface area contributed by atoms with Gasteiger partial charge in [0.25, 0.3) is 0 Å². The van der Waals surface area contributed by atoms with E-state index in [2.05, 4.69) is 39.0 Å². The SMILES string of the molecule is CC(C)=C[C@@H]1c2c(C)ccc(C)c2[C@H](O)[C@H]1C(C)(C)O. The fraction of sp³-hybridized carbons (Fsp3) is 0.556. The van der Waals surface area contributed by atoms with Crippen LogP contribution in [-0.2, 0) is 0 Å². The number of hydrogen-bond donors (Lipinski definition) is 2. The molecule has 0 heterocycles. The van der Waals surface area contributed by atoms with Crippen molar-refractivity contribution in [1.82, 2.24) is 0 Å². The minimum absolute atomic E-state index is 0.0740. The maximum atomic E-state index is 10.8. The number of benzene rings is 1. The van der Waals surface area contributed by atoms with E-state index in [4.69, 9.17) is 0 Å². The number of hydrogen-bond acceptors (Lipinski definition) is 2. The van der Waals surface area contributed by atoms with Gasteiger partial charge < -0.3 is 10.2 Å². The third-order valence-corrected chi connectivity index (χ3v) is 4.41. The van der Waals surface area contributed by atoms with Crippen molar-refractivity contribution < 1.29 is 10.2 Å². The van der Waals surface area contributed by atoms with E-state index in [0.29, 0.717) is 0 Å². The van der Waals surface area contributed by atoms with Gasteiger partial charge in [-0.3, -0.25) is 0 Å². The second kappa shape index (κ2) is 5.01. The van der Waals surface area contributed by atoms with Crippen LogP contribution in [0, 0.1) is 19.8 Å². The number of aliphatic hydroxyl groups is 2. The molecule has 0 radical (unpaired) electrons. The Labute approximate surface area is 122 Å². The van der Waals surface area contributed by atoms with Gasteiger partial charge in [0, 0.05) is 11.8 Å². The second-order valence-electron chi connectivity index (χ2n) is 6.92. The first-order chi connectivity index (χ1) is 9.14. The van der Waals surface area contributed by atoms with Crippen LogP contribution in [0.25, 0.3) is 0 Å². The van der Waals surface area contributed by atoms with Gasteiger partial charge in [-0.15, -0.1) is 0 Å². The third-order valence-electron chi connectivity index (χ3n) is 4.41. The van der Waals surface area contributed by atoms with E-state index in [1.165, 1.54) is 16.7 Å². The smallest absolute Gasteiger partial charge is 0.0859 e. The monoisotopic (exact) mass is 274 g/mol. The molecule has 2 nitrogen and oxygen atoms in total. The number of rotatable bonds is 2. The van der Waals surface area contributed by atoms with Crippen molar-refractivity contribution in [3.63, 3.8) is 0 Å². The van der Waals surface area contributed by atoms with Gasteiger partial charge >= 0.3 is 0 Å². The average molecular weight is 274 g/mol. The molecule has 20 heavy (non-hydrogen) atoms. The van der Waals surface area contributed by atoms with Gasteiger partial charge in [0.05, 0.1) is 11.7 Å². The van der Waals surface area contributed by atoms with Crippen molar-refractivity contribution in [3.8, 4) is 0 Å². The fourth-order valence-corrected chi connectivity index (χ4v) is 3.62. The molecule has 0 saturated carbocycles. The van der Waals surface area contributed by atoms with E-state index in [-0.39, 0.29) is 11.8 Å². The van der Waals surface area contributed by atoms with Gasteiger partial charge in [-0.1, -0.05) is 23.8 Å². The molecule has 0 amide bonds. The lowest BCUT2D eigenvalue weighted by atomic mass is 9.78. The first-order valence-corrected chi connectivity index (χ1v) is 7.30. The summed E-state index contributed by atoms with van der Waals surface area (Å²) >= 11 is 0. The predicted octanol–water partition coefficient (Wildman–Crippen LogP) is 3.79. The van der Waals surface area contributed by atoms with Crippen LogP contribution in [0.1, 0.15) is 62.0 Å². The number of aliphatic hydroxyl groups excluding tert-OH is 1. The number of aryl methyl sites for hydroxylation is 2. The predicted molar refractivity (Wildman–Crippen MR) is 82.8 cm³/mol. The Morgan fingerprint density at radius 2 is 1.60 bits per heavy atom. The highest BCUT2D eigenvalue weighted by atomic mass is 16.3. The first kappa shape index (κ1) is 15.3. The second-order valence-corrected chi connectivity index (χ2v) is 6.92. The van der Waals surface area contributed by atoms with Gasteiger partial charge in [0.2, 0.25) is 0 Å². The molecule has 0 saturated heterocycles. The number of fused-ring (bicyclic) bond motifs is 1. The molecule has 0 aliphatic heterocycles. The molecule has 110 valence electrons. The van der Waals surface area contributed by atoms with Gasteiger partial charge in [0.15, 0.2) is 0 Å². The third kappa shape index (κ3) is 2.43. The quantitative estimate of drug-likeness (QED) is 0.806. The highest BCUT2D eigenvalue weighted by molar-refractivity contribution is 5.51. The van der Waals surface area contributed by atoms with E-state index in [1.807, 2.05) is 6.92 Å². The molecular formula is C18H26O2. The van der Waals surface area contributed by atoms with Gasteiger partial charge in [-0.2, -0.15) is 0 Å². The van der Waals surface area contributed by atoms with Crippen LogP contribution in [0.2, 0.25) is 0 Å². The summed E-state index contributed by atoms with van der Waals surface area (Å²) in [6.45, 7) is 11.8. The van der Waals surface area contributed by atoms with E-state index < -0.39 is 11.7 Å². The molecule has 0 spiro atoms. The largest absolute Gasteiger partial charge is 0.390 e. The van der Waals surface area contributed by atoms with Crippen molar-refractivity contribution in [2.45, 2.75) is 59.2 Å². The Hall–Kier alpha value is -1.12. The summed E-state index contributed by atoms with van der Waals surface area (Å²) in [7, 11) is 0. The maximum absolute atomic E-state index is 10.8. The summed E-state index contributed by atoms with van der Waals surface area (Å²) in [5.74, 6) is -0.128. The van der Waals surface area contributed by atoms with Gasteiger partial charge in [-0.05, 0) is 63.8 Å². The molecule has 1 aromatic rings. The van der Waals surface area contributed by atoms with Crippen LogP contribution in [0.4, 0.5) is 0 Å². The zero-order valence-electron chi connectivity index (χ0n) is 13.4. The standard InChI is InChI=1S/C18H26O2/c1-10(2)9-13-14-11(3)7-8-12(4)15(14)17(19)16(13)18(5,6)20/h7-9,13,16-17,19-20H,1-6H3/t13-,16+,17+/m1/s1. The van der Waals surface area contributed by atoms with E-state index in [1.54, 1.807) is 13.8 Å². The topological polar surface area (TPSA) is 40.5 Å². The summed E-state index contributed by atoms with van der Waals surface area (Å²) in [6, 6.07) is 4.17. The number of allylic oxidation sites excluding steroid dienone is 2. The zero-order valence-corrected chi connectivity index (χ0v) is 13.4. The molecule has 2 N–H and O–H groups in total. The van der Waals surface area contributed by atoms with Crippen LogP contribution in [0.3, 0.4) is 0 Å². The molecule has 0 unspecified atom stereocenters. The summed E-state index contributed by atoms with van der Waals surface area (Å²) in [5, 5.41) is 21.3. The summed E-state index contributed by atoms with van der Waals surface area (Å²) in [4.78, 5) is 0. The van der Waals surface area contributed by atoms with Crippen LogP contribution < -0.4 is 0 Å². The minimum Gasteiger partial charge on any atom is -0.390 e. The summed E-state index contributed by atoms with van der Waals surface area (Å²) < 4.78 is 0. The van der Waals surface area contributed by atoms with Crippen molar-refractivity contribution in [1.29, 1.82) is 0 Å². The zero-order chi connectivity index (χ0) is 15.2. The first-order valence-electron chi connectivity index (χ1n) is 7.30. The Kier molecular flexibility index (Phi) is 3.83. The van der Waals surface area contributed by atoms with E-state index >= 15 is 0 Å². The Balaban J connectivity index is 2.70. The van der Waals surface area contributed by atoms with Crippen LogP contribution >= 0.6 is 0 Å². The Bertz CT molecular complexity index is 545. The molecular weight excluding hydrogens is 248 g/mol. The van der Waals surface area contributed by atoms with Crippen molar-refractivity contribution >= 4 is 0 Å². The van der Waals surface area contributed by atoms with Gasteiger partial charge in [-0.25, -0.2) is 0 Å². The maximum Gasteiger partial charge on any atom is 0.0859 e. The van der Waals surface area contributed by atoms with E-state index in [9.17, 15) is 10.2 Å². The van der Waals surface area contributed by atoms with Crippen molar-refractivity contribution in [2.75, 3.05) is 0 Å². The molecule has 2 rings (SSSR count). The van der Waals surface area contributed by atoms with Crippen molar-refractivity contribution in [2.24, 2.45) is 5.92 Å². The molecule has 0 bridgehead atoms. The van der Waals surface area contributed by atoms with Crippen LogP contribution in [0.15, 0.2) is 23.8 Å².